The van der Waals surface area contributed by atoms with E-state index < -0.39 is 61.8 Å². The minimum atomic E-state index is -4.46. The van der Waals surface area contributed by atoms with Gasteiger partial charge in [0, 0.05) is 24.5 Å². The molecule has 1 aromatic heterocycles. The van der Waals surface area contributed by atoms with E-state index in [2.05, 4.69) is 54.4 Å². The Bertz CT molecular complexity index is 2850. The van der Waals surface area contributed by atoms with Crippen LogP contribution < -0.4 is 15.5 Å². The number of hydrogen-bond acceptors (Lipinski definition) is 21. The van der Waals surface area contributed by atoms with E-state index in [9.17, 15) is 42.8 Å². The lowest BCUT2D eigenvalue weighted by atomic mass is 10.1. The topological polar surface area (TPSA) is 320 Å². The molecule has 5 aromatic rings. The van der Waals surface area contributed by atoms with Gasteiger partial charge < -0.3 is 20.3 Å². The molecule has 1 aliphatic rings. The maximum atomic E-state index is 12.3. The van der Waals surface area contributed by atoms with E-state index in [0.29, 0.717) is 55.0 Å². The molecule has 0 atom stereocenters. The fraction of sp³-hybridized carbons (Fsp3) is 0.229. The van der Waals surface area contributed by atoms with E-state index in [1.54, 1.807) is 48.5 Å². The summed E-state index contributed by atoms with van der Waals surface area (Å²) in [5, 5.41) is 22.6. The molecule has 0 saturated carbocycles. The zero-order valence-corrected chi connectivity index (χ0v) is 35.7. The lowest BCUT2D eigenvalue weighted by molar-refractivity contribution is 0.122. The quantitative estimate of drug-likeness (QED) is 0.0510. The van der Waals surface area contributed by atoms with Gasteiger partial charge in [-0.25, -0.2) is 0 Å². The van der Waals surface area contributed by atoms with Crippen LogP contribution in [0.4, 0.5) is 52.0 Å². The number of rotatable bonds is 17. The Morgan fingerprint density at radius 2 is 0.984 bits per heavy atom. The molecular weight excluding hydrogens is 897 g/mol. The Balaban J connectivity index is 1.19. The van der Waals surface area contributed by atoms with Crippen LogP contribution in [0.25, 0.3) is 0 Å². The molecular formula is C35H36N10O13S4. The number of nitrogens with one attached hydrogen (secondary N) is 2. The summed E-state index contributed by atoms with van der Waals surface area (Å²) in [6.45, 7) is 1.98. The molecule has 1 saturated heterocycles. The predicted molar refractivity (Wildman–Crippen MR) is 222 cm³/mol. The first kappa shape index (κ1) is 45.6. The van der Waals surface area contributed by atoms with Gasteiger partial charge >= 0.3 is 0 Å². The lowest BCUT2D eigenvalue weighted by Gasteiger charge is -2.27. The fourth-order valence-corrected chi connectivity index (χ4v) is 8.29. The van der Waals surface area contributed by atoms with Crippen LogP contribution in [0, 0.1) is 0 Å². The van der Waals surface area contributed by atoms with E-state index in [0.717, 1.165) is 32.4 Å². The molecule has 23 nitrogen and oxygen atoms in total. The second kappa shape index (κ2) is 19.0. The number of azo groups is 2. The van der Waals surface area contributed by atoms with Crippen molar-refractivity contribution in [1.29, 1.82) is 0 Å². The van der Waals surface area contributed by atoms with Gasteiger partial charge in [0.1, 0.15) is 11.5 Å². The van der Waals surface area contributed by atoms with Crippen molar-refractivity contribution in [2.24, 2.45) is 20.5 Å². The molecule has 0 amide bonds. The summed E-state index contributed by atoms with van der Waals surface area (Å²) in [7, 11) is -15.6. The van der Waals surface area contributed by atoms with Crippen LogP contribution in [0.2, 0.25) is 0 Å². The molecule has 0 radical (unpaired) electrons. The minimum absolute atomic E-state index is 0.0343. The number of morpholine rings is 1. The van der Waals surface area contributed by atoms with Crippen molar-refractivity contribution in [3.8, 4) is 0 Å². The first-order chi connectivity index (χ1) is 29.3. The van der Waals surface area contributed by atoms with Crippen LogP contribution in [-0.2, 0) is 65.1 Å². The smallest absolute Gasteiger partial charge is 0.296 e. The number of ether oxygens (including phenoxy) is 1. The average Bonchev–Trinajstić information content (AvgIpc) is 3.22. The zero-order valence-electron chi connectivity index (χ0n) is 32.4. The summed E-state index contributed by atoms with van der Waals surface area (Å²) in [6.07, 6.45) is 0. The SMILES string of the molecule is COS(=O)(=O)c1cc(N=Nc2ccc(Nc3nc(Nc4ccc(N=Nc5cc(CS(=O)(=O)O)cc(CS(=O)(=O)O)c5)cc4)nc(N4CCOCC4)n3)cc2)cc(S(=O)(=O)OC)c1. The molecule has 4 N–H and O–H groups in total. The van der Waals surface area contributed by atoms with Gasteiger partial charge in [-0.15, -0.1) is 0 Å². The summed E-state index contributed by atoms with van der Waals surface area (Å²) in [6, 6.07) is 19.9. The number of benzene rings is 4. The number of nitrogens with zero attached hydrogens (tertiary/aromatic N) is 8. The van der Waals surface area contributed by atoms with Crippen LogP contribution in [0.3, 0.4) is 0 Å². The van der Waals surface area contributed by atoms with E-state index in [4.69, 9.17) is 4.74 Å². The van der Waals surface area contributed by atoms with Crippen molar-refractivity contribution in [2.75, 3.05) is 56.1 Å². The van der Waals surface area contributed by atoms with E-state index in [1.165, 1.54) is 18.2 Å². The first-order valence-electron chi connectivity index (χ1n) is 17.7. The van der Waals surface area contributed by atoms with Crippen LogP contribution >= 0.6 is 0 Å². The van der Waals surface area contributed by atoms with Crippen molar-refractivity contribution >= 4 is 92.4 Å². The van der Waals surface area contributed by atoms with Crippen molar-refractivity contribution in [3.05, 3.63) is 96.1 Å². The maximum absolute atomic E-state index is 12.3. The highest BCUT2D eigenvalue weighted by Crippen LogP contribution is 2.30. The molecule has 0 spiro atoms. The van der Waals surface area contributed by atoms with Crippen molar-refractivity contribution < 1.29 is 55.9 Å². The summed E-state index contributed by atoms with van der Waals surface area (Å²) < 4.78 is 128. The van der Waals surface area contributed by atoms with Crippen molar-refractivity contribution in [2.45, 2.75) is 21.3 Å². The molecule has 1 fully saturated rings. The summed E-state index contributed by atoms with van der Waals surface area (Å²) in [4.78, 5) is 14.7. The largest absolute Gasteiger partial charge is 0.378 e. The predicted octanol–water partition coefficient (Wildman–Crippen LogP) is 5.47. The molecule has 6 rings (SSSR count). The van der Waals surface area contributed by atoms with E-state index in [-0.39, 0.29) is 34.4 Å². The molecule has 0 unspecified atom stereocenters. The molecule has 62 heavy (non-hydrogen) atoms. The van der Waals surface area contributed by atoms with Gasteiger partial charge in [-0.3, -0.25) is 17.5 Å². The Kier molecular flexibility index (Phi) is 14.0. The third-order valence-electron chi connectivity index (χ3n) is 8.34. The Hall–Kier alpha value is -5.91. The number of anilines is 5. The minimum Gasteiger partial charge on any atom is -0.378 e. The normalized spacial score (nSPS) is 14.1. The summed E-state index contributed by atoms with van der Waals surface area (Å²) in [5.74, 6) is -0.901. The van der Waals surface area contributed by atoms with Gasteiger partial charge in [0.05, 0.1) is 60.0 Å². The standard InChI is InChI=1S/C35H36N10O13S4/c1-56-61(52,53)31-18-30(19-32(20-31)62(54,55)57-2)44-42-28-9-5-26(6-10-28)37-34-38-33(39-35(40-34)45-11-13-58-14-12-45)36-25-3-7-27(8-4-25)41-43-29-16-23(21-59(46,47)48)15-24(17-29)22-60(49,50)51/h3-10,15-20H,11-14,21-22H2,1-2H3,(H,46,47,48)(H,49,50,51)(H2,36,37,38,39,40). The number of hydrogen-bond donors (Lipinski definition) is 4. The van der Waals surface area contributed by atoms with Gasteiger partial charge in [0.25, 0.3) is 40.5 Å². The maximum Gasteiger partial charge on any atom is 0.296 e. The van der Waals surface area contributed by atoms with Crippen molar-refractivity contribution in [3.63, 3.8) is 0 Å². The molecule has 2 heterocycles. The van der Waals surface area contributed by atoms with Gasteiger partial charge in [-0.05, 0) is 90.0 Å². The molecule has 1 aliphatic heterocycles. The highest BCUT2D eigenvalue weighted by Gasteiger charge is 2.22. The Morgan fingerprint density at radius 1 is 0.581 bits per heavy atom. The van der Waals surface area contributed by atoms with Gasteiger partial charge in [0.2, 0.25) is 17.8 Å². The molecule has 27 heteroatoms. The van der Waals surface area contributed by atoms with Crippen LogP contribution in [0.5, 0.6) is 0 Å². The third-order valence-corrected chi connectivity index (χ3v) is 12.2. The molecule has 4 aromatic carbocycles. The Morgan fingerprint density at radius 3 is 1.39 bits per heavy atom. The molecule has 0 aliphatic carbocycles. The first-order valence-corrected chi connectivity index (χ1v) is 23.8. The second-order valence-electron chi connectivity index (χ2n) is 13.0. The zero-order chi connectivity index (χ0) is 44.7. The summed E-state index contributed by atoms with van der Waals surface area (Å²) in [5.41, 5.74) is 1.82. The third kappa shape index (κ3) is 13.0. The lowest BCUT2D eigenvalue weighted by Crippen LogP contribution is -2.37. The summed E-state index contributed by atoms with van der Waals surface area (Å²) >= 11 is 0. The highest BCUT2D eigenvalue weighted by atomic mass is 32.2. The second-order valence-corrected chi connectivity index (χ2v) is 19.3. The Labute approximate surface area is 355 Å². The number of aromatic nitrogens is 3. The van der Waals surface area contributed by atoms with E-state index in [1.807, 2.05) is 4.90 Å². The van der Waals surface area contributed by atoms with Gasteiger partial charge in [-0.1, -0.05) is 6.07 Å². The van der Waals surface area contributed by atoms with Crippen LogP contribution in [-0.4, -0.2) is 98.3 Å². The van der Waals surface area contributed by atoms with Gasteiger partial charge in [-0.2, -0.15) is 69.1 Å². The van der Waals surface area contributed by atoms with Crippen LogP contribution in [0.15, 0.2) is 115 Å². The fourth-order valence-electron chi connectivity index (χ4n) is 5.58. The average molecular weight is 933 g/mol. The van der Waals surface area contributed by atoms with Crippen molar-refractivity contribution in [1.82, 2.24) is 15.0 Å². The highest BCUT2D eigenvalue weighted by molar-refractivity contribution is 7.87. The molecule has 0 bridgehead atoms. The monoisotopic (exact) mass is 932 g/mol. The van der Waals surface area contributed by atoms with Gasteiger partial charge in [0.15, 0.2) is 0 Å². The molecule has 328 valence electrons. The van der Waals surface area contributed by atoms with Crippen LogP contribution in [0.1, 0.15) is 11.1 Å². The van der Waals surface area contributed by atoms with E-state index >= 15 is 0 Å².